The molecule has 8 rings (SSSR count). The van der Waals surface area contributed by atoms with E-state index in [0.717, 1.165) is 25.3 Å². The number of hydrogen-bond acceptors (Lipinski definition) is 2. The average molecular weight is 348 g/mol. The number of nitrogens with zero attached hydrogens (tertiary/aromatic N) is 1. The summed E-state index contributed by atoms with van der Waals surface area (Å²) in [6.45, 7) is 4.78. The Bertz CT molecular complexity index is 838. The molecule has 0 radical (unpaired) electrons. The van der Waals surface area contributed by atoms with Gasteiger partial charge in [0, 0.05) is 12.1 Å². The summed E-state index contributed by atoms with van der Waals surface area (Å²) in [4.78, 5) is 16.3. The Hall–Kier alpha value is -1.35. The van der Waals surface area contributed by atoms with Gasteiger partial charge in [-0.15, -0.1) is 0 Å². The maximum atomic E-state index is 13.7. The molecule has 4 bridgehead atoms. The first-order valence-corrected chi connectivity index (χ1v) is 10.6. The van der Waals surface area contributed by atoms with Gasteiger partial charge in [-0.3, -0.25) is 9.69 Å². The summed E-state index contributed by atoms with van der Waals surface area (Å²) in [5.41, 5.74) is 2.26. The van der Waals surface area contributed by atoms with E-state index in [1.807, 2.05) is 0 Å². The van der Waals surface area contributed by atoms with Gasteiger partial charge < -0.3 is 5.32 Å². The quantitative estimate of drug-likeness (QED) is 0.910. The van der Waals surface area contributed by atoms with Crippen molar-refractivity contribution < 1.29 is 4.79 Å². The van der Waals surface area contributed by atoms with E-state index in [0.29, 0.717) is 23.4 Å². The summed E-state index contributed by atoms with van der Waals surface area (Å²) in [6.07, 6.45) is 7.36. The summed E-state index contributed by atoms with van der Waals surface area (Å²) >= 11 is 0. The smallest absolute Gasteiger partial charge is 0.227 e. The maximum Gasteiger partial charge on any atom is 0.227 e. The molecule has 2 aliphatic heterocycles. The van der Waals surface area contributed by atoms with Gasteiger partial charge in [0.1, 0.15) is 0 Å². The van der Waals surface area contributed by atoms with E-state index in [1.165, 1.54) is 37.8 Å². The first kappa shape index (κ1) is 14.7. The fourth-order valence-electron chi connectivity index (χ4n) is 8.88. The summed E-state index contributed by atoms with van der Waals surface area (Å²) < 4.78 is 0. The van der Waals surface area contributed by atoms with Crippen molar-refractivity contribution in [3.05, 3.63) is 35.9 Å². The van der Waals surface area contributed by atoms with E-state index in [2.05, 4.69) is 47.5 Å². The van der Waals surface area contributed by atoms with Gasteiger partial charge in [0.2, 0.25) is 5.91 Å². The zero-order valence-corrected chi connectivity index (χ0v) is 15.6. The van der Waals surface area contributed by atoms with Crippen LogP contribution in [0.1, 0.15) is 51.0 Å². The number of rotatable bonds is 3. The lowest BCUT2D eigenvalue weighted by molar-refractivity contribution is -0.138. The third kappa shape index (κ3) is 1.32. The highest BCUT2D eigenvalue weighted by atomic mass is 16.2. The van der Waals surface area contributed by atoms with Crippen LogP contribution >= 0.6 is 0 Å². The molecule has 5 aliphatic carbocycles. The van der Waals surface area contributed by atoms with E-state index in [-0.39, 0.29) is 16.2 Å². The Morgan fingerprint density at radius 2 is 1.96 bits per heavy atom. The van der Waals surface area contributed by atoms with Crippen molar-refractivity contribution >= 4 is 5.91 Å². The molecule has 1 spiro atoms. The SMILES string of the molecule is CC12CC3CC1(C(=O)N[C@@H]1CN4CCC5CC514)CC3(c1ccccc1)C2. The minimum Gasteiger partial charge on any atom is -0.350 e. The lowest BCUT2D eigenvalue weighted by atomic mass is 9.68. The molecule has 26 heavy (non-hydrogen) atoms. The first-order valence-electron chi connectivity index (χ1n) is 10.6. The van der Waals surface area contributed by atoms with Gasteiger partial charge in [-0.1, -0.05) is 37.3 Å². The summed E-state index contributed by atoms with van der Waals surface area (Å²) in [5.74, 6) is 1.99. The van der Waals surface area contributed by atoms with Crippen LogP contribution in [0.5, 0.6) is 0 Å². The van der Waals surface area contributed by atoms with Gasteiger partial charge in [-0.2, -0.15) is 0 Å². The molecule has 5 saturated carbocycles. The van der Waals surface area contributed by atoms with E-state index in [1.54, 1.807) is 0 Å². The fourth-order valence-corrected chi connectivity index (χ4v) is 8.88. The Morgan fingerprint density at radius 1 is 1.12 bits per heavy atom. The lowest BCUT2D eigenvalue weighted by Crippen LogP contribution is -2.69. The molecule has 7 atom stereocenters. The molecule has 7 aliphatic rings. The van der Waals surface area contributed by atoms with Gasteiger partial charge >= 0.3 is 0 Å². The summed E-state index contributed by atoms with van der Waals surface area (Å²) in [7, 11) is 0. The second-order valence-electron chi connectivity index (χ2n) is 10.8. The summed E-state index contributed by atoms with van der Waals surface area (Å²) in [6, 6.07) is 11.5. The van der Waals surface area contributed by atoms with E-state index in [4.69, 9.17) is 0 Å². The van der Waals surface area contributed by atoms with Gasteiger partial charge in [0.25, 0.3) is 0 Å². The highest BCUT2D eigenvalue weighted by Crippen LogP contribution is 2.81. The van der Waals surface area contributed by atoms with Crippen LogP contribution in [0.25, 0.3) is 0 Å². The molecular formula is C23H28N2O. The third-order valence-corrected chi connectivity index (χ3v) is 10.1. The molecule has 3 heteroatoms. The van der Waals surface area contributed by atoms with Crippen LogP contribution in [0.2, 0.25) is 0 Å². The van der Waals surface area contributed by atoms with Crippen LogP contribution in [0.3, 0.4) is 0 Å². The van der Waals surface area contributed by atoms with Crippen molar-refractivity contribution in [3.8, 4) is 0 Å². The molecule has 2 saturated heterocycles. The first-order chi connectivity index (χ1) is 12.5. The minimum absolute atomic E-state index is 0.104. The second-order valence-corrected chi connectivity index (χ2v) is 10.8. The molecule has 0 aromatic heterocycles. The number of carbonyl (C=O) groups excluding carboxylic acids is 1. The zero-order chi connectivity index (χ0) is 17.4. The molecular weight excluding hydrogens is 320 g/mol. The number of piperidine rings is 1. The molecule has 1 amide bonds. The topological polar surface area (TPSA) is 32.3 Å². The Kier molecular flexibility index (Phi) is 2.29. The number of hydrogen-bond donors (Lipinski definition) is 1. The van der Waals surface area contributed by atoms with E-state index >= 15 is 0 Å². The molecule has 7 fully saturated rings. The number of carbonyl (C=O) groups is 1. The van der Waals surface area contributed by atoms with Crippen molar-refractivity contribution in [2.24, 2.45) is 22.7 Å². The number of nitrogens with one attached hydrogen (secondary N) is 1. The van der Waals surface area contributed by atoms with Crippen molar-refractivity contribution in [2.75, 3.05) is 13.1 Å². The normalized spacial score (nSPS) is 54.9. The third-order valence-electron chi connectivity index (χ3n) is 10.1. The summed E-state index contributed by atoms with van der Waals surface area (Å²) in [5, 5.41) is 3.60. The van der Waals surface area contributed by atoms with Crippen LogP contribution in [-0.4, -0.2) is 35.5 Å². The van der Waals surface area contributed by atoms with Crippen LogP contribution in [0.4, 0.5) is 0 Å². The number of benzene rings is 1. The highest BCUT2D eigenvalue weighted by Gasteiger charge is 2.79. The Balaban J connectivity index is 1.21. The Morgan fingerprint density at radius 3 is 2.65 bits per heavy atom. The lowest BCUT2D eigenvalue weighted by Gasteiger charge is -2.49. The van der Waals surface area contributed by atoms with Crippen LogP contribution in [0.15, 0.2) is 30.3 Å². The van der Waals surface area contributed by atoms with Crippen LogP contribution in [-0.2, 0) is 10.2 Å². The largest absolute Gasteiger partial charge is 0.350 e. The van der Waals surface area contributed by atoms with Gasteiger partial charge in [-0.05, 0) is 73.3 Å². The molecule has 1 aromatic rings. The minimum atomic E-state index is -0.104. The molecule has 1 aromatic carbocycles. The van der Waals surface area contributed by atoms with Crippen LogP contribution < -0.4 is 5.32 Å². The van der Waals surface area contributed by atoms with Crippen LogP contribution in [0, 0.1) is 22.7 Å². The molecule has 2 heterocycles. The van der Waals surface area contributed by atoms with Crippen molar-refractivity contribution in [3.63, 3.8) is 0 Å². The molecule has 3 nitrogen and oxygen atoms in total. The predicted molar refractivity (Wildman–Crippen MR) is 99.6 cm³/mol. The van der Waals surface area contributed by atoms with Gasteiger partial charge in [0.05, 0.1) is 11.5 Å². The second kappa shape index (κ2) is 4.06. The van der Waals surface area contributed by atoms with Gasteiger partial charge in [0.15, 0.2) is 0 Å². The number of amides is 1. The van der Waals surface area contributed by atoms with E-state index < -0.39 is 0 Å². The molecule has 6 unspecified atom stereocenters. The fraction of sp³-hybridized carbons (Fsp3) is 0.696. The zero-order valence-electron chi connectivity index (χ0n) is 15.6. The average Bonchev–Trinajstić information content (AvgIpc) is 2.79. The van der Waals surface area contributed by atoms with Crippen molar-refractivity contribution in [1.82, 2.24) is 10.2 Å². The Labute approximate surface area is 155 Å². The standard InChI is InChI=1S/C23H28N2O/c1-20-9-17-10-22(20,14-21(17,13-20)15-5-3-2-4-6-15)19(26)24-18-12-25-8-7-16-11-23(16,18)25/h2-6,16-18H,7-14H2,1H3,(H,24,26)/t16?,17?,18-,20?,21?,22?,23?/m1/s1. The van der Waals surface area contributed by atoms with E-state index in [9.17, 15) is 4.79 Å². The predicted octanol–water partition coefficient (Wildman–Crippen LogP) is 3.10. The monoisotopic (exact) mass is 348 g/mol. The highest BCUT2D eigenvalue weighted by molar-refractivity contribution is 5.87. The van der Waals surface area contributed by atoms with Gasteiger partial charge in [-0.25, -0.2) is 0 Å². The molecule has 1 N–H and O–H groups in total. The van der Waals surface area contributed by atoms with Crippen molar-refractivity contribution in [2.45, 2.75) is 62.4 Å². The van der Waals surface area contributed by atoms with Crippen molar-refractivity contribution in [1.29, 1.82) is 0 Å². The molecule has 136 valence electrons. The maximum absolute atomic E-state index is 13.7.